The van der Waals surface area contributed by atoms with E-state index in [-0.39, 0.29) is 29.6 Å². The third kappa shape index (κ3) is 6.44. The normalized spacial score (nSPS) is 16.4. The first kappa shape index (κ1) is 24.9. The van der Waals surface area contributed by atoms with Gasteiger partial charge in [-0.15, -0.1) is 12.4 Å². The molecule has 0 radical (unpaired) electrons. The Morgan fingerprint density at radius 3 is 2.21 bits per heavy atom. The maximum atomic E-state index is 12.9. The highest BCUT2D eigenvalue weighted by molar-refractivity contribution is 7.89. The number of hydrogen-bond acceptors (Lipinski definition) is 4. The van der Waals surface area contributed by atoms with Crippen LogP contribution < -0.4 is 11.1 Å². The molecule has 0 saturated carbocycles. The fraction of sp³-hybridized carbons (Fsp3) is 0.650. The van der Waals surface area contributed by atoms with Crippen molar-refractivity contribution in [2.75, 3.05) is 26.2 Å². The second-order valence-corrected chi connectivity index (χ2v) is 10.2. The van der Waals surface area contributed by atoms with Gasteiger partial charge in [0.1, 0.15) is 0 Å². The van der Waals surface area contributed by atoms with Gasteiger partial charge < -0.3 is 11.1 Å². The van der Waals surface area contributed by atoms with Crippen molar-refractivity contribution in [3.63, 3.8) is 0 Å². The van der Waals surface area contributed by atoms with Crippen molar-refractivity contribution in [3.05, 3.63) is 29.8 Å². The number of rotatable bonds is 7. The molecular formula is C20H34ClN3O3S. The first-order chi connectivity index (χ1) is 12.7. The van der Waals surface area contributed by atoms with Gasteiger partial charge in [0, 0.05) is 25.6 Å². The van der Waals surface area contributed by atoms with Gasteiger partial charge in [0.2, 0.25) is 15.9 Å². The van der Waals surface area contributed by atoms with Crippen LogP contribution in [0.2, 0.25) is 0 Å². The van der Waals surface area contributed by atoms with Crippen LogP contribution in [0.15, 0.2) is 29.2 Å². The predicted molar refractivity (Wildman–Crippen MR) is 115 cm³/mol. The molecule has 0 unspecified atom stereocenters. The molecule has 1 aliphatic rings. The van der Waals surface area contributed by atoms with E-state index in [1.165, 1.54) is 4.31 Å². The zero-order valence-electron chi connectivity index (χ0n) is 17.1. The summed E-state index contributed by atoms with van der Waals surface area (Å²) in [7, 11) is -3.51. The number of benzene rings is 1. The number of piperidine rings is 1. The van der Waals surface area contributed by atoms with Gasteiger partial charge in [-0.25, -0.2) is 8.42 Å². The Morgan fingerprint density at radius 2 is 1.71 bits per heavy atom. The van der Waals surface area contributed by atoms with Crippen molar-refractivity contribution < 1.29 is 13.2 Å². The molecule has 8 heteroatoms. The minimum absolute atomic E-state index is 0. The fourth-order valence-electron chi connectivity index (χ4n) is 3.26. The molecule has 1 heterocycles. The molecule has 0 aliphatic carbocycles. The lowest BCUT2D eigenvalue weighted by molar-refractivity contribution is -0.126. The largest absolute Gasteiger partial charge is 0.356 e. The third-order valence-electron chi connectivity index (χ3n) is 5.11. The SMILES string of the molecule is CC(C)(C)c1ccc(S(=O)(=O)N2CCC(C(=O)NCCCCN)CC2)cc1.Cl. The number of amides is 1. The summed E-state index contributed by atoms with van der Waals surface area (Å²) in [4.78, 5) is 12.5. The van der Waals surface area contributed by atoms with Gasteiger partial charge in [0.15, 0.2) is 0 Å². The summed E-state index contributed by atoms with van der Waals surface area (Å²) in [6.07, 6.45) is 2.88. The quantitative estimate of drug-likeness (QED) is 0.649. The van der Waals surface area contributed by atoms with E-state index in [2.05, 4.69) is 26.1 Å². The summed E-state index contributed by atoms with van der Waals surface area (Å²) >= 11 is 0. The summed E-state index contributed by atoms with van der Waals surface area (Å²) in [5.74, 6) is -0.0869. The third-order valence-corrected chi connectivity index (χ3v) is 7.03. The molecule has 0 spiro atoms. The van der Waals surface area contributed by atoms with Crippen LogP contribution in [-0.2, 0) is 20.2 Å². The highest BCUT2D eigenvalue weighted by Crippen LogP contribution is 2.27. The van der Waals surface area contributed by atoms with Crippen molar-refractivity contribution >= 4 is 28.3 Å². The van der Waals surface area contributed by atoms with Gasteiger partial charge in [-0.3, -0.25) is 4.79 Å². The Bertz CT molecular complexity index is 722. The molecule has 0 atom stereocenters. The topological polar surface area (TPSA) is 92.5 Å². The highest BCUT2D eigenvalue weighted by Gasteiger charge is 2.32. The first-order valence-corrected chi connectivity index (χ1v) is 11.2. The molecule has 1 fully saturated rings. The second kappa shape index (κ2) is 10.6. The maximum absolute atomic E-state index is 12.9. The Hall–Kier alpha value is -1.15. The first-order valence-electron chi connectivity index (χ1n) is 9.74. The van der Waals surface area contributed by atoms with Crippen molar-refractivity contribution in [1.29, 1.82) is 0 Å². The average Bonchev–Trinajstić information content (AvgIpc) is 2.64. The number of hydrogen-bond donors (Lipinski definition) is 2. The second-order valence-electron chi connectivity index (χ2n) is 8.24. The summed E-state index contributed by atoms with van der Waals surface area (Å²) in [5.41, 5.74) is 6.53. The minimum atomic E-state index is -3.51. The number of unbranched alkanes of at least 4 members (excludes halogenated alkanes) is 1. The average molecular weight is 432 g/mol. The van der Waals surface area contributed by atoms with E-state index in [0.717, 1.165) is 18.4 Å². The number of halogens is 1. The van der Waals surface area contributed by atoms with Gasteiger partial charge >= 0.3 is 0 Å². The Kier molecular flexibility index (Phi) is 9.40. The number of nitrogens with one attached hydrogen (secondary N) is 1. The molecule has 28 heavy (non-hydrogen) atoms. The van der Waals surface area contributed by atoms with E-state index in [1.807, 2.05) is 12.1 Å². The molecule has 1 aliphatic heterocycles. The Morgan fingerprint density at radius 1 is 1.14 bits per heavy atom. The highest BCUT2D eigenvalue weighted by atomic mass is 35.5. The van der Waals surface area contributed by atoms with Crippen LogP contribution in [0.5, 0.6) is 0 Å². The zero-order valence-corrected chi connectivity index (χ0v) is 18.7. The van der Waals surface area contributed by atoms with Gasteiger partial charge in [0.05, 0.1) is 4.90 Å². The molecule has 0 bridgehead atoms. The monoisotopic (exact) mass is 431 g/mol. The van der Waals surface area contributed by atoms with Crippen LogP contribution in [0.3, 0.4) is 0 Å². The molecule has 0 aromatic heterocycles. The lowest BCUT2D eigenvalue weighted by Gasteiger charge is -2.30. The van der Waals surface area contributed by atoms with Crippen molar-refractivity contribution in [2.24, 2.45) is 11.7 Å². The summed E-state index contributed by atoms with van der Waals surface area (Å²) < 4.78 is 27.3. The van der Waals surface area contributed by atoms with E-state index in [0.29, 0.717) is 43.9 Å². The number of nitrogens with zero attached hydrogens (tertiary/aromatic N) is 1. The molecule has 6 nitrogen and oxygen atoms in total. The summed E-state index contributed by atoms with van der Waals surface area (Å²) in [6, 6.07) is 7.14. The number of carbonyl (C=O) groups excluding carboxylic acids is 1. The molecular weight excluding hydrogens is 398 g/mol. The lowest BCUT2D eigenvalue weighted by atomic mass is 9.87. The van der Waals surface area contributed by atoms with Gasteiger partial charge in [0.25, 0.3) is 0 Å². The molecule has 1 aromatic carbocycles. The molecule has 3 N–H and O–H groups in total. The Labute approximate surface area is 175 Å². The molecule has 2 rings (SSSR count). The van der Waals surface area contributed by atoms with E-state index in [9.17, 15) is 13.2 Å². The van der Waals surface area contributed by atoms with Gasteiger partial charge in [-0.1, -0.05) is 32.9 Å². The molecule has 1 saturated heterocycles. The lowest BCUT2D eigenvalue weighted by Crippen LogP contribution is -2.43. The van der Waals surface area contributed by atoms with Crippen LogP contribution in [0.25, 0.3) is 0 Å². The number of sulfonamides is 1. The maximum Gasteiger partial charge on any atom is 0.243 e. The minimum Gasteiger partial charge on any atom is -0.356 e. The van der Waals surface area contributed by atoms with Gasteiger partial charge in [-0.2, -0.15) is 4.31 Å². The van der Waals surface area contributed by atoms with Crippen molar-refractivity contribution in [2.45, 2.75) is 56.8 Å². The van der Waals surface area contributed by atoms with Crippen LogP contribution in [-0.4, -0.2) is 44.8 Å². The van der Waals surface area contributed by atoms with Crippen molar-refractivity contribution in [1.82, 2.24) is 9.62 Å². The van der Waals surface area contributed by atoms with E-state index >= 15 is 0 Å². The van der Waals surface area contributed by atoms with Crippen molar-refractivity contribution in [3.8, 4) is 0 Å². The molecule has 1 aromatic rings. The summed E-state index contributed by atoms with van der Waals surface area (Å²) in [6.45, 7) is 8.32. The number of carbonyl (C=O) groups is 1. The van der Waals surface area contributed by atoms with Crippen LogP contribution in [0, 0.1) is 5.92 Å². The standard InChI is InChI=1S/C20H33N3O3S.ClH/c1-20(2,3)17-6-8-18(9-7-17)27(25,26)23-14-10-16(11-15-23)19(24)22-13-5-4-12-21;/h6-9,16H,4-5,10-15,21H2,1-3H3,(H,22,24);1H. The predicted octanol–water partition coefficient (Wildman–Crippen LogP) is 2.66. The van der Waals surface area contributed by atoms with E-state index in [4.69, 9.17) is 5.73 Å². The van der Waals surface area contributed by atoms with E-state index in [1.54, 1.807) is 12.1 Å². The zero-order chi connectivity index (χ0) is 20.1. The number of nitrogens with two attached hydrogens (primary N) is 1. The summed E-state index contributed by atoms with van der Waals surface area (Å²) in [5, 5.41) is 2.93. The van der Waals surface area contributed by atoms with Gasteiger partial charge in [-0.05, 0) is 55.3 Å². The van der Waals surface area contributed by atoms with Crippen LogP contribution >= 0.6 is 12.4 Å². The van der Waals surface area contributed by atoms with Crippen LogP contribution in [0.4, 0.5) is 0 Å². The van der Waals surface area contributed by atoms with E-state index < -0.39 is 10.0 Å². The molecule has 160 valence electrons. The fourth-order valence-corrected chi connectivity index (χ4v) is 4.73. The smallest absolute Gasteiger partial charge is 0.243 e. The van der Waals surface area contributed by atoms with Crippen LogP contribution in [0.1, 0.15) is 52.0 Å². The Balaban J connectivity index is 0.00000392. The molecule has 1 amide bonds.